The summed E-state index contributed by atoms with van der Waals surface area (Å²) in [6, 6.07) is 0. The van der Waals surface area contributed by atoms with Crippen molar-refractivity contribution in [2.24, 2.45) is 9.98 Å². The highest BCUT2D eigenvalue weighted by molar-refractivity contribution is 7.00. The number of carbonyl (C=O) groups excluding carboxylic acids is 6. The van der Waals surface area contributed by atoms with E-state index in [1.54, 1.807) is 34.9 Å². The Hall–Kier alpha value is -2.47. The molecule has 0 aromatic rings. The molecule has 11 nitrogen and oxygen atoms in total. The Labute approximate surface area is 211 Å². The average molecular weight is 507 g/mol. The fraction of sp³-hybridized carbons (Fsp3) is 0.529. The zero-order valence-corrected chi connectivity index (χ0v) is 21.2. The number of rotatable bonds is 5. The molecular formula is C17H29B3Cl2N3O8. The summed E-state index contributed by atoms with van der Waals surface area (Å²) >= 11 is 10.8. The van der Waals surface area contributed by atoms with Gasteiger partial charge in [0, 0.05) is 52.8 Å². The van der Waals surface area contributed by atoms with Crippen molar-refractivity contribution in [2.75, 3.05) is 34.4 Å². The Morgan fingerprint density at radius 3 is 1.15 bits per heavy atom. The molecule has 0 saturated carbocycles. The van der Waals surface area contributed by atoms with Crippen LogP contribution in [-0.4, -0.2) is 107 Å². The molecule has 0 bridgehead atoms. The van der Waals surface area contributed by atoms with Gasteiger partial charge in [0.2, 0.25) is 5.78 Å². The largest absolute Gasteiger partial charge is 0.458 e. The van der Waals surface area contributed by atoms with Crippen molar-refractivity contribution in [3.8, 4) is 0 Å². The summed E-state index contributed by atoms with van der Waals surface area (Å²) in [4.78, 5) is 64.6. The average Bonchev–Trinajstić information content (AvgIpc) is 2.80. The second-order valence-corrected chi connectivity index (χ2v) is 4.54. The molecule has 16 heteroatoms. The van der Waals surface area contributed by atoms with Crippen molar-refractivity contribution in [3.05, 3.63) is 0 Å². The predicted molar refractivity (Wildman–Crippen MR) is 133 cm³/mol. The van der Waals surface area contributed by atoms with Crippen molar-refractivity contribution in [2.45, 2.75) is 27.2 Å². The van der Waals surface area contributed by atoms with Gasteiger partial charge in [0.1, 0.15) is 13.6 Å². The van der Waals surface area contributed by atoms with Crippen LogP contribution in [0.3, 0.4) is 0 Å². The number of nitrogens with one attached hydrogen (secondary N) is 1. The molecule has 1 N–H and O–H groups in total. The maximum atomic E-state index is 10.4. The van der Waals surface area contributed by atoms with Crippen LogP contribution < -0.4 is 5.32 Å². The number of amides is 1. The number of halogens is 2. The molecule has 0 aliphatic carbocycles. The van der Waals surface area contributed by atoms with Crippen LogP contribution >= 0.6 is 23.2 Å². The van der Waals surface area contributed by atoms with Gasteiger partial charge in [-0.1, -0.05) is 30.1 Å². The van der Waals surface area contributed by atoms with Gasteiger partial charge in [0.05, 0.1) is 13.2 Å². The summed E-state index contributed by atoms with van der Waals surface area (Å²) in [5, 5.41) is 2.72. The molecule has 9 radical (unpaired) electrons. The molecule has 1 amide bonds. The molecule has 0 rings (SSSR count). The number of likely N-dealkylation sites (N-methyl/N-ethyl adjacent to an activating group) is 1. The van der Waals surface area contributed by atoms with Crippen LogP contribution in [0.5, 0.6) is 0 Å². The molecule has 33 heavy (non-hydrogen) atoms. The first-order valence-corrected chi connectivity index (χ1v) is 8.83. The Morgan fingerprint density at radius 2 is 1.03 bits per heavy atom. The fourth-order valence-corrected chi connectivity index (χ4v) is 1.03. The molecule has 0 fully saturated rings. The first-order valence-electron chi connectivity index (χ1n) is 8.07. The van der Waals surface area contributed by atoms with Crippen molar-refractivity contribution < 1.29 is 38.2 Å². The van der Waals surface area contributed by atoms with Gasteiger partial charge in [-0.3, -0.25) is 19.6 Å². The smallest absolute Gasteiger partial charge is 0.417 e. The first kappa shape index (κ1) is 52.5. The second-order valence-electron chi connectivity index (χ2n) is 3.83. The van der Waals surface area contributed by atoms with Gasteiger partial charge >= 0.3 is 11.9 Å². The summed E-state index contributed by atoms with van der Waals surface area (Å²) in [7, 11) is 4.54. The molecule has 0 saturated heterocycles. The van der Waals surface area contributed by atoms with Crippen molar-refractivity contribution in [3.63, 3.8) is 0 Å². The molecule has 0 aliphatic rings. The third-order valence-electron chi connectivity index (χ3n) is 2.08. The molecule has 0 heterocycles. The van der Waals surface area contributed by atoms with E-state index in [9.17, 15) is 19.2 Å². The van der Waals surface area contributed by atoms with Crippen molar-refractivity contribution in [1.82, 2.24) is 5.32 Å². The summed E-state index contributed by atoms with van der Waals surface area (Å²) in [6.45, 7) is 9.28. The van der Waals surface area contributed by atoms with Gasteiger partial charge in [0.25, 0.3) is 5.91 Å². The van der Waals surface area contributed by atoms with Gasteiger partial charge < -0.3 is 24.4 Å². The van der Waals surface area contributed by atoms with Crippen molar-refractivity contribution in [1.29, 1.82) is 0 Å². The summed E-state index contributed by atoms with van der Waals surface area (Å²) in [5.74, 6) is -2.73. The molecule has 0 aliphatic heterocycles. The molecule has 0 aromatic heterocycles. The Morgan fingerprint density at radius 1 is 0.758 bits per heavy atom. The number of ether oxygens (including phenoxy) is 2. The lowest BCUT2D eigenvalue weighted by molar-refractivity contribution is -0.167. The topological polar surface area (TPSA) is 158 Å². The fourth-order valence-electron chi connectivity index (χ4n) is 0.865. The highest BCUT2D eigenvalue weighted by Gasteiger charge is 2.14. The summed E-state index contributed by atoms with van der Waals surface area (Å²) in [6.07, 6.45) is 0.277. The van der Waals surface area contributed by atoms with Crippen LogP contribution in [-0.2, 0) is 38.2 Å². The summed E-state index contributed by atoms with van der Waals surface area (Å²) in [5.41, 5.74) is 0. The van der Waals surface area contributed by atoms with Gasteiger partial charge in [-0.05, 0) is 13.8 Å². The Bertz CT molecular complexity index is 522. The zero-order valence-electron chi connectivity index (χ0n) is 19.7. The molecule has 183 valence electrons. The lowest BCUT2D eigenvalue weighted by Gasteiger charge is -1.99. The highest BCUT2D eigenvalue weighted by atomic mass is 35.5. The number of ketones is 1. The number of aliphatic imine (C=N–C) groups is 2. The maximum absolute atomic E-state index is 10.4. The van der Waals surface area contributed by atoms with Crippen LogP contribution in [0.15, 0.2) is 9.98 Å². The third-order valence-corrected chi connectivity index (χ3v) is 2.87. The van der Waals surface area contributed by atoms with E-state index in [1.165, 1.54) is 7.05 Å². The van der Waals surface area contributed by atoms with E-state index in [0.717, 1.165) is 0 Å². The Balaban J connectivity index is -0.0000000423. The predicted octanol–water partition coefficient (Wildman–Crippen LogP) is -0.167. The zero-order chi connectivity index (χ0) is 25.1. The minimum absolute atomic E-state index is 0. The van der Waals surface area contributed by atoms with E-state index < -0.39 is 17.8 Å². The number of hydrogen-bond acceptors (Lipinski definition) is 10. The molecule has 0 atom stereocenters. The lowest BCUT2D eigenvalue weighted by atomic mass is 10.3. The number of esters is 2. The van der Waals surface area contributed by atoms with Crippen molar-refractivity contribution >= 4 is 96.0 Å². The first-order chi connectivity index (χ1) is 14.2. The SMILES string of the molecule is C=O.C=O.CCC(=O)C(=O)NC.CCOC(=O)C(=O)OCC.CN=C(Cl)C(Cl)=NC.[B].[B].[B]. The highest BCUT2D eigenvalue weighted by Crippen LogP contribution is 1.93. The molecule has 0 spiro atoms. The normalized spacial score (nSPS) is 8.36. The van der Waals surface area contributed by atoms with E-state index in [4.69, 9.17) is 32.8 Å². The lowest BCUT2D eigenvalue weighted by Crippen LogP contribution is -2.26. The standard InChI is InChI=1S/C6H10O4.C5H9NO2.C4H6Cl2N2.2CH2O.3B/c1-3-9-5(7)6(8)10-4-2;1-3-4(7)5(8)6-2;1-7-3(5)4(6)8-2;2*1-2;;;/h3-4H2,1-2H3;3H2,1-2H3,(H,6,8);1-2H3;2*1H2;;;. The van der Waals surface area contributed by atoms with Crippen LogP contribution in [0.2, 0.25) is 0 Å². The molecule has 0 unspecified atom stereocenters. The van der Waals surface area contributed by atoms with Gasteiger partial charge in [-0.2, -0.15) is 0 Å². The van der Waals surface area contributed by atoms with E-state index in [-0.39, 0.29) is 61.0 Å². The molecule has 0 aromatic carbocycles. The summed E-state index contributed by atoms with van der Waals surface area (Å²) < 4.78 is 8.69. The van der Waals surface area contributed by atoms with Gasteiger partial charge in [-0.25, -0.2) is 9.59 Å². The minimum atomic E-state index is -0.927. The van der Waals surface area contributed by atoms with E-state index >= 15 is 0 Å². The van der Waals surface area contributed by atoms with Crippen LogP contribution in [0.1, 0.15) is 27.2 Å². The monoisotopic (exact) mass is 506 g/mol. The van der Waals surface area contributed by atoms with E-state index in [2.05, 4.69) is 24.8 Å². The number of carbonyl (C=O) groups is 6. The van der Waals surface area contributed by atoms with E-state index in [0.29, 0.717) is 0 Å². The Kier molecular flexibility index (Phi) is 69.0. The van der Waals surface area contributed by atoms with Gasteiger partial charge in [-0.15, -0.1) is 0 Å². The minimum Gasteiger partial charge on any atom is -0.458 e. The second kappa shape index (κ2) is 43.4. The number of nitrogens with zero attached hydrogens (tertiary/aromatic N) is 2. The quantitative estimate of drug-likeness (QED) is 0.233. The van der Waals surface area contributed by atoms with Crippen LogP contribution in [0.25, 0.3) is 0 Å². The third kappa shape index (κ3) is 40.4. The number of hydrogen-bond donors (Lipinski definition) is 1. The molecular weight excluding hydrogens is 478 g/mol. The maximum Gasteiger partial charge on any atom is 0.417 e. The van der Waals surface area contributed by atoms with Crippen LogP contribution in [0.4, 0.5) is 0 Å². The van der Waals surface area contributed by atoms with Crippen LogP contribution in [0, 0.1) is 0 Å². The van der Waals surface area contributed by atoms with Gasteiger partial charge in [0.15, 0.2) is 10.3 Å². The number of Topliss-reactive ketones (excluding diaryl/α,β-unsaturated/α-hetero) is 1. The van der Waals surface area contributed by atoms with E-state index in [1.807, 2.05) is 13.6 Å².